The molecule has 0 saturated carbocycles. The Kier molecular flexibility index (Phi) is 4.45. The van der Waals surface area contributed by atoms with Gasteiger partial charge >= 0.3 is 5.97 Å². The van der Waals surface area contributed by atoms with Crippen molar-refractivity contribution in [1.29, 1.82) is 0 Å². The van der Waals surface area contributed by atoms with Gasteiger partial charge in [0.1, 0.15) is 6.61 Å². The number of aromatic amines is 1. The topological polar surface area (TPSA) is 84.1 Å². The van der Waals surface area contributed by atoms with Crippen LogP contribution in [-0.4, -0.2) is 35.2 Å². The minimum Gasteiger partial charge on any atom is -0.461 e. The lowest BCUT2D eigenvalue weighted by Gasteiger charge is -2.05. The highest BCUT2D eigenvalue weighted by Gasteiger charge is 2.14. The molecule has 92 valence electrons. The molecule has 0 bridgehead atoms. The molecule has 0 aliphatic rings. The lowest BCUT2D eigenvalue weighted by Crippen LogP contribution is -2.28. The fourth-order valence-corrected chi connectivity index (χ4v) is 1.35. The van der Waals surface area contributed by atoms with Crippen LogP contribution in [0, 0.1) is 13.8 Å². The van der Waals surface area contributed by atoms with Crippen LogP contribution in [-0.2, 0) is 9.53 Å². The molecule has 1 heterocycles. The second-order valence-electron chi connectivity index (χ2n) is 3.44. The van der Waals surface area contributed by atoms with Crippen LogP contribution in [0.3, 0.4) is 0 Å². The van der Waals surface area contributed by atoms with Gasteiger partial charge in [-0.3, -0.25) is 9.89 Å². The minimum absolute atomic E-state index is 0.118. The molecule has 6 heteroatoms. The smallest absolute Gasteiger partial charge is 0.330 e. The first-order chi connectivity index (χ1) is 8.06. The van der Waals surface area contributed by atoms with E-state index in [1.165, 1.54) is 0 Å². The van der Waals surface area contributed by atoms with Crippen LogP contribution < -0.4 is 5.32 Å². The summed E-state index contributed by atoms with van der Waals surface area (Å²) in [5.74, 6) is -0.738. The van der Waals surface area contributed by atoms with Crippen LogP contribution in [0.4, 0.5) is 0 Å². The third kappa shape index (κ3) is 3.44. The summed E-state index contributed by atoms with van der Waals surface area (Å²) >= 11 is 0. The van der Waals surface area contributed by atoms with E-state index in [2.05, 4.69) is 22.1 Å². The van der Waals surface area contributed by atoms with E-state index in [1.807, 2.05) is 0 Å². The second-order valence-corrected chi connectivity index (χ2v) is 3.44. The van der Waals surface area contributed by atoms with Gasteiger partial charge in [0.15, 0.2) is 0 Å². The van der Waals surface area contributed by atoms with Gasteiger partial charge in [0, 0.05) is 11.8 Å². The molecule has 0 aromatic carbocycles. The normalized spacial score (nSPS) is 9.76. The summed E-state index contributed by atoms with van der Waals surface area (Å²) in [6, 6.07) is 0. The Hall–Kier alpha value is -2.11. The monoisotopic (exact) mass is 237 g/mol. The van der Waals surface area contributed by atoms with Crippen molar-refractivity contribution in [3.05, 3.63) is 29.6 Å². The maximum atomic E-state index is 11.7. The van der Waals surface area contributed by atoms with Gasteiger partial charge in [-0.1, -0.05) is 6.58 Å². The van der Waals surface area contributed by atoms with Gasteiger partial charge in [0.2, 0.25) is 0 Å². The van der Waals surface area contributed by atoms with Gasteiger partial charge in [0.25, 0.3) is 5.91 Å². The molecular weight excluding hydrogens is 222 g/mol. The maximum absolute atomic E-state index is 11.7. The highest BCUT2D eigenvalue weighted by atomic mass is 16.5. The summed E-state index contributed by atoms with van der Waals surface area (Å²) in [6.45, 7) is 7.15. The molecule has 0 fully saturated rings. The Morgan fingerprint density at radius 1 is 1.53 bits per heavy atom. The van der Waals surface area contributed by atoms with E-state index in [-0.39, 0.29) is 19.1 Å². The van der Waals surface area contributed by atoms with Gasteiger partial charge in [-0.05, 0) is 13.8 Å². The number of aromatic nitrogens is 2. The zero-order chi connectivity index (χ0) is 12.8. The second kappa shape index (κ2) is 5.83. The van der Waals surface area contributed by atoms with Crippen molar-refractivity contribution >= 4 is 11.9 Å². The highest BCUT2D eigenvalue weighted by Crippen LogP contribution is 2.08. The third-order valence-electron chi connectivity index (χ3n) is 2.15. The summed E-state index contributed by atoms with van der Waals surface area (Å²) in [5.41, 5.74) is 1.88. The molecule has 1 rings (SSSR count). The van der Waals surface area contributed by atoms with Crippen LogP contribution >= 0.6 is 0 Å². The Bertz CT molecular complexity index is 418. The molecule has 0 atom stereocenters. The molecule has 0 aliphatic carbocycles. The molecule has 17 heavy (non-hydrogen) atoms. The Morgan fingerprint density at radius 2 is 2.24 bits per heavy atom. The van der Waals surface area contributed by atoms with Gasteiger partial charge in [-0.15, -0.1) is 0 Å². The molecule has 1 aromatic heterocycles. The van der Waals surface area contributed by atoms with Gasteiger partial charge in [-0.2, -0.15) is 5.10 Å². The summed E-state index contributed by atoms with van der Waals surface area (Å²) in [6.07, 6.45) is 1.08. The maximum Gasteiger partial charge on any atom is 0.330 e. The predicted molar refractivity (Wildman–Crippen MR) is 61.6 cm³/mol. The molecule has 2 N–H and O–H groups in total. The van der Waals surface area contributed by atoms with E-state index in [0.717, 1.165) is 6.08 Å². The number of H-pyrrole nitrogens is 1. The lowest BCUT2D eigenvalue weighted by atomic mass is 10.2. The van der Waals surface area contributed by atoms with Crippen LogP contribution in [0.5, 0.6) is 0 Å². The van der Waals surface area contributed by atoms with Crippen LogP contribution in [0.2, 0.25) is 0 Å². The Morgan fingerprint density at radius 3 is 2.76 bits per heavy atom. The average Bonchev–Trinajstić information content (AvgIpc) is 2.64. The van der Waals surface area contributed by atoms with E-state index in [1.54, 1.807) is 13.8 Å². The SMILES string of the molecule is C=CC(=O)OCCNC(=O)c1c(C)n[nH]c1C. The summed E-state index contributed by atoms with van der Waals surface area (Å²) < 4.78 is 4.72. The van der Waals surface area contributed by atoms with Crippen molar-refractivity contribution < 1.29 is 14.3 Å². The van der Waals surface area contributed by atoms with E-state index < -0.39 is 5.97 Å². The number of carbonyl (C=O) groups excluding carboxylic acids is 2. The van der Waals surface area contributed by atoms with Gasteiger partial charge in [-0.25, -0.2) is 4.79 Å². The van der Waals surface area contributed by atoms with Crippen molar-refractivity contribution in [2.75, 3.05) is 13.2 Å². The molecule has 6 nitrogen and oxygen atoms in total. The van der Waals surface area contributed by atoms with E-state index in [9.17, 15) is 9.59 Å². The number of nitrogens with zero attached hydrogens (tertiary/aromatic N) is 1. The van der Waals surface area contributed by atoms with E-state index in [4.69, 9.17) is 4.74 Å². The van der Waals surface area contributed by atoms with E-state index >= 15 is 0 Å². The quantitative estimate of drug-likeness (QED) is 0.443. The van der Waals surface area contributed by atoms with Crippen LogP contribution in [0.15, 0.2) is 12.7 Å². The largest absolute Gasteiger partial charge is 0.461 e. The number of nitrogens with one attached hydrogen (secondary N) is 2. The zero-order valence-electron chi connectivity index (χ0n) is 9.87. The third-order valence-corrected chi connectivity index (χ3v) is 2.15. The molecule has 0 saturated heterocycles. The van der Waals surface area contributed by atoms with Gasteiger partial charge < -0.3 is 10.1 Å². The first-order valence-corrected chi connectivity index (χ1v) is 5.15. The number of rotatable bonds is 5. The van der Waals surface area contributed by atoms with Gasteiger partial charge in [0.05, 0.1) is 17.8 Å². The average molecular weight is 237 g/mol. The molecule has 0 unspecified atom stereocenters. The molecule has 0 radical (unpaired) electrons. The molecule has 1 amide bonds. The molecular formula is C11H15N3O3. The molecule has 0 aliphatic heterocycles. The zero-order valence-corrected chi connectivity index (χ0v) is 9.87. The number of carbonyl (C=O) groups is 2. The number of hydrogen-bond acceptors (Lipinski definition) is 4. The highest BCUT2D eigenvalue weighted by molar-refractivity contribution is 5.96. The lowest BCUT2D eigenvalue weighted by molar-refractivity contribution is -0.137. The van der Waals surface area contributed by atoms with Crippen molar-refractivity contribution in [2.24, 2.45) is 0 Å². The van der Waals surface area contributed by atoms with Crippen molar-refractivity contribution in [3.63, 3.8) is 0 Å². The first kappa shape index (κ1) is 13.0. The standard InChI is InChI=1S/C11H15N3O3/c1-4-9(15)17-6-5-12-11(16)10-7(2)13-14-8(10)3/h4H,1,5-6H2,2-3H3,(H,12,16)(H,13,14). The number of hydrogen-bond donors (Lipinski definition) is 2. The van der Waals surface area contributed by atoms with Crippen molar-refractivity contribution in [1.82, 2.24) is 15.5 Å². The number of aryl methyl sites for hydroxylation is 2. The Balaban J connectivity index is 2.41. The summed E-state index contributed by atoms with van der Waals surface area (Å²) in [4.78, 5) is 22.5. The number of amides is 1. The number of esters is 1. The summed E-state index contributed by atoms with van der Waals surface area (Å²) in [5, 5.41) is 9.28. The van der Waals surface area contributed by atoms with Crippen molar-refractivity contribution in [2.45, 2.75) is 13.8 Å². The van der Waals surface area contributed by atoms with E-state index in [0.29, 0.717) is 17.0 Å². The predicted octanol–water partition coefficient (Wildman–Crippen LogP) is 0.486. The fraction of sp³-hybridized carbons (Fsp3) is 0.364. The van der Waals surface area contributed by atoms with Crippen LogP contribution in [0.1, 0.15) is 21.7 Å². The first-order valence-electron chi connectivity index (χ1n) is 5.15. The van der Waals surface area contributed by atoms with Crippen molar-refractivity contribution in [3.8, 4) is 0 Å². The Labute approximate surface area is 99.0 Å². The van der Waals surface area contributed by atoms with Crippen LogP contribution in [0.25, 0.3) is 0 Å². The number of ether oxygens (including phenoxy) is 1. The minimum atomic E-state index is -0.505. The molecule has 1 aromatic rings. The fourth-order valence-electron chi connectivity index (χ4n) is 1.35. The summed E-state index contributed by atoms with van der Waals surface area (Å²) in [7, 11) is 0. The molecule has 0 spiro atoms.